The van der Waals surface area contributed by atoms with E-state index in [9.17, 15) is 19.7 Å². The van der Waals surface area contributed by atoms with Crippen LogP contribution < -0.4 is 4.74 Å². The van der Waals surface area contributed by atoms with Gasteiger partial charge in [-0.3, -0.25) is 24.6 Å². The highest BCUT2D eigenvalue weighted by molar-refractivity contribution is 8.18. The molecule has 8 nitrogen and oxygen atoms in total. The van der Waals surface area contributed by atoms with Crippen molar-refractivity contribution in [2.75, 3.05) is 13.2 Å². The first-order valence-corrected chi connectivity index (χ1v) is 9.19. The monoisotopic (exact) mass is 420 g/mol. The van der Waals surface area contributed by atoms with E-state index in [0.29, 0.717) is 10.8 Å². The average Bonchev–Trinajstić information content (AvgIpc) is 3.23. The number of halogens is 1. The van der Waals surface area contributed by atoms with E-state index in [0.717, 1.165) is 16.7 Å². The Morgan fingerprint density at radius 3 is 2.75 bits per heavy atom. The van der Waals surface area contributed by atoms with Gasteiger partial charge >= 0.3 is 5.88 Å². The van der Waals surface area contributed by atoms with Crippen LogP contribution in [0.3, 0.4) is 0 Å². The molecule has 1 aliphatic rings. The van der Waals surface area contributed by atoms with Crippen molar-refractivity contribution in [2.45, 2.75) is 0 Å². The average molecular weight is 421 g/mol. The first-order chi connectivity index (χ1) is 13.5. The molecule has 1 fully saturated rings. The Kier molecular flexibility index (Phi) is 6.17. The minimum atomic E-state index is -0.645. The third-order valence-electron chi connectivity index (χ3n) is 3.58. The molecular formula is C18H13ClN2O6S. The maximum Gasteiger partial charge on any atom is 0.433 e. The minimum Gasteiger partial charge on any atom is -0.490 e. The Balaban J connectivity index is 1.57. The number of imide groups is 1. The number of amides is 2. The lowest BCUT2D eigenvalue weighted by Crippen LogP contribution is -2.32. The third kappa shape index (κ3) is 4.62. The van der Waals surface area contributed by atoms with E-state index >= 15 is 0 Å². The zero-order valence-corrected chi connectivity index (χ0v) is 15.8. The summed E-state index contributed by atoms with van der Waals surface area (Å²) < 4.78 is 10.5. The number of hydrogen-bond donors (Lipinski definition) is 0. The number of allylic oxidation sites excluding steroid dienone is 2. The Labute approximate surface area is 168 Å². The number of nitrogens with zero attached hydrogens (tertiary/aromatic N) is 2. The molecule has 0 unspecified atom stereocenters. The first kappa shape index (κ1) is 19.7. The van der Waals surface area contributed by atoms with E-state index in [2.05, 4.69) is 0 Å². The van der Waals surface area contributed by atoms with Gasteiger partial charge in [-0.05, 0) is 42.1 Å². The van der Waals surface area contributed by atoms with Gasteiger partial charge in [-0.15, -0.1) is 0 Å². The molecule has 144 valence electrons. The maximum absolute atomic E-state index is 12.3. The molecule has 2 amide bonds. The van der Waals surface area contributed by atoms with Crippen molar-refractivity contribution in [3.05, 3.63) is 74.4 Å². The highest BCUT2D eigenvalue weighted by atomic mass is 35.5. The fraction of sp³-hybridized carbons (Fsp3) is 0.111. The summed E-state index contributed by atoms with van der Waals surface area (Å²) in [5.41, 5.74) is 0. The van der Waals surface area contributed by atoms with Crippen LogP contribution in [-0.4, -0.2) is 34.1 Å². The molecule has 2 aromatic rings. The number of nitro groups is 1. The van der Waals surface area contributed by atoms with Crippen LogP contribution in [0.1, 0.15) is 5.76 Å². The molecule has 0 N–H and O–H groups in total. The Bertz CT molecular complexity index is 984. The molecule has 1 aromatic heterocycles. The van der Waals surface area contributed by atoms with Gasteiger partial charge in [0.1, 0.15) is 23.0 Å². The van der Waals surface area contributed by atoms with Gasteiger partial charge in [-0.25, -0.2) is 0 Å². The van der Waals surface area contributed by atoms with Gasteiger partial charge in [0.25, 0.3) is 11.1 Å². The summed E-state index contributed by atoms with van der Waals surface area (Å²) in [7, 11) is 0. The van der Waals surface area contributed by atoms with Gasteiger partial charge in [-0.2, -0.15) is 0 Å². The van der Waals surface area contributed by atoms with Crippen LogP contribution in [0.4, 0.5) is 10.7 Å². The van der Waals surface area contributed by atoms with Crippen molar-refractivity contribution in [3.63, 3.8) is 0 Å². The van der Waals surface area contributed by atoms with Crippen LogP contribution in [0.25, 0.3) is 6.08 Å². The van der Waals surface area contributed by atoms with Crippen molar-refractivity contribution in [2.24, 2.45) is 0 Å². The fourth-order valence-electron chi connectivity index (χ4n) is 2.28. The second-order valence-corrected chi connectivity index (χ2v) is 6.83. The van der Waals surface area contributed by atoms with Crippen LogP contribution in [0.5, 0.6) is 5.75 Å². The summed E-state index contributed by atoms with van der Waals surface area (Å²) in [5, 5.41) is 10.6. The number of para-hydroxylation sites is 1. The number of hydrogen-bond acceptors (Lipinski definition) is 7. The molecule has 10 heteroatoms. The molecule has 0 bridgehead atoms. The van der Waals surface area contributed by atoms with Crippen molar-refractivity contribution in [3.8, 4) is 5.75 Å². The molecule has 1 aromatic carbocycles. The van der Waals surface area contributed by atoms with Crippen molar-refractivity contribution < 1.29 is 23.7 Å². The summed E-state index contributed by atoms with van der Waals surface area (Å²) in [4.78, 5) is 35.6. The van der Waals surface area contributed by atoms with Gasteiger partial charge in [0.05, 0.1) is 22.5 Å². The first-order valence-electron chi connectivity index (χ1n) is 7.99. The van der Waals surface area contributed by atoms with E-state index < -0.39 is 16.1 Å². The molecular weight excluding hydrogens is 408 g/mol. The molecule has 0 atom stereocenters. The number of ether oxygens (including phenoxy) is 1. The van der Waals surface area contributed by atoms with Crippen LogP contribution in [0, 0.1) is 10.1 Å². The smallest absolute Gasteiger partial charge is 0.433 e. The van der Waals surface area contributed by atoms with Crippen LogP contribution >= 0.6 is 23.4 Å². The number of thioether (sulfide) groups is 1. The van der Waals surface area contributed by atoms with Gasteiger partial charge < -0.3 is 9.15 Å². The summed E-state index contributed by atoms with van der Waals surface area (Å²) >= 11 is 6.79. The molecule has 28 heavy (non-hydrogen) atoms. The predicted molar refractivity (Wildman–Crippen MR) is 104 cm³/mol. The van der Waals surface area contributed by atoms with E-state index in [-0.39, 0.29) is 29.7 Å². The van der Waals surface area contributed by atoms with Crippen LogP contribution in [-0.2, 0) is 4.79 Å². The number of rotatable bonds is 7. The van der Waals surface area contributed by atoms with Gasteiger partial charge in [0.2, 0.25) is 0 Å². The van der Waals surface area contributed by atoms with Gasteiger partial charge in [0, 0.05) is 0 Å². The van der Waals surface area contributed by atoms with Crippen molar-refractivity contribution in [1.82, 2.24) is 4.90 Å². The quantitative estimate of drug-likeness (QED) is 0.368. The molecule has 2 heterocycles. The second-order valence-electron chi connectivity index (χ2n) is 5.43. The fourth-order valence-corrected chi connectivity index (χ4v) is 3.28. The van der Waals surface area contributed by atoms with Gasteiger partial charge in [-0.1, -0.05) is 29.8 Å². The van der Waals surface area contributed by atoms with E-state index in [1.165, 1.54) is 30.4 Å². The zero-order chi connectivity index (χ0) is 20.1. The van der Waals surface area contributed by atoms with Crippen LogP contribution in [0.2, 0.25) is 5.02 Å². The normalized spacial score (nSPS) is 15.8. The lowest BCUT2D eigenvalue weighted by Gasteiger charge is -2.13. The number of carbonyl (C=O) groups is 2. The minimum absolute atomic E-state index is 0.0846. The molecule has 0 aliphatic carbocycles. The third-order valence-corrected chi connectivity index (χ3v) is 4.82. The van der Waals surface area contributed by atoms with Gasteiger partial charge in [0.15, 0.2) is 0 Å². The van der Waals surface area contributed by atoms with Crippen molar-refractivity contribution in [1.29, 1.82) is 0 Å². The summed E-state index contributed by atoms with van der Waals surface area (Å²) in [6, 6.07) is 9.57. The molecule has 0 radical (unpaired) electrons. The SMILES string of the molecule is O=C1S/C(=C\C=C\c2ccc([N+](=O)[O-])o2)C(=O)N1CCOc1ccccc1Cl. The highest BCUT2D eigenvalue weighted by Crippen LogP contribution is 2.31. The molecule has 0 saturated carbocycles. The Hall–Kier alpha value is -3.04. The number of benzene rings is 1. The van der Waals surface area contributed by atoms with E-state index in [1.54, 1.807) is 24.3 Å². The molecule has 3 rings (SSSR count). The number of furan rings is 1. The largest absolute Gasteiger partial charge is 0.490 e. The lowest BCUT2D eigenvalue weighted by molar-refractivity contribution is -0.402. The topological polar surface area (TPSA) is 103 Å². The molecule has 0 spiro atoms. The summed E-state index contributed by atoms with van der Waals surface area (Å²) in [5.74, 6) is -0.0798. The maximum atomic E-state index is 12.3. The van der Waals surface area contributed by atoms with Crippen LogP contribution in [0.15, 0.2) is 57.9 Å². The lowest BCUT2D eigenvalue weighted by atomic mass is 10.3. The second kappa shape index (κ2) is 8.77. The van der Waals surface area contributed by atoms with E-state index in [4.69, 9.17) is 20.8 Å². The predicted octanol–water partition coefficient (Wildman–Crippen LogP) is 4.51. The molecule has 1 saturated heterocycles. The standard InChI is InChI=1S/C18H13ClN2O6S/c19-13-5-1-2-6-14(13)26-11-10-20-17(22)15(28-18(20)23)7-3-4-12-8-9-16(27-12)21(24)25/h1-9H,10-11H2/b4-3+,15-7-. The van der Waals surface area contributed by atoms with Crippen molar-refractivity contribution >= 4 is 46.5 Å². The number of carbonyl (C=O) groups excluding carboxylic acids is 2. The summed E-state index contributed by atoms with van der Waals surface area (Å²) in [6.45, 7) is 0.197. The Morgan fingerprint density at radius 1 is 1.25 bits per heavy atom. The molecule has 1 aliphatic heterocycles. The van der Waals surface area contributed by atoms with E-state index in [1.807, 2.05) is 0 Å². The Morgan fingerprint density at radius 2 is 2.04 bits per heavy atom. The highest BCUT2D eigenvalue weighted by Gasteiger charge is 2.34. The summed E-state index contributed by atoms with van der Waals surface area (Å²) in [6.07, 6.45) is 4.40. The zero-order valence-electron chi connectivity index (χ0n) is 14.2.